The Balaban J connectivity index is 1.71. The zero-order chi connectivity index (χ0) is 16.6. The van der Waals surface area contributed by atoms with Crippen LogP contribution in [0.25, 0.3) is 0 Å². The van der Waals surface area contributed by atoms with Crippen LogP contribution in [-0.4, -0.2) is 47.6 Å². The highest BCUT2D eigenvalue weighted by atomic mass is 19.1. The normalized spacial score (nSPS) is 25.1. The van der Waals surface area contributed by atoms with Crippen molar-refractivity contribution in [2.24, 2.45) is 5.92 Å². The van der Waals surface area contributed by atoms with Gasteiger partial charge in [0, 0.05) is 31.7 Å². The summed E-state index contributed by atoms with van der Waals surface area (Å²) in [4.78, 5) is 28.0. The lowest BCUT2D eigenvalue weighted by Gasteiger charge is -2.31. The first kappa shape index (κ1) is 15.9. The van der Waals surface area contributed by atoms with Gasteiger partial charge in [-0.2, -0.15) is 0 Å². The molecule has 0 saturated carbocycles. The van der Waals surface area contributed by atoms with E-state index in [1.54, 1.807) is 28.9 Å². The summed E-state index contributed by atoms with van der Waals surface area (Å²) in [6, 6.07) is 4.54. The molecular formula is C17H21FN2O3. The number of amides is 2. The molecule has 2 heterocycles. The van der Waals surface area contributed by atoms with Crippen molar-refractivity contribution in [2.45, 2.75) is 32.3 Å². The summed E-state index contributed by atoms with van der Waals surface area (Å²) >= 11 is 0. The van der Waals surface area contributed by atoms with Crippen molar-refractivity contribution in [3.05, 3.63) is 29.6 Å². The third-order valence-electron chi connectivity index (χ3n) is 4.64. The Morgan fingerprint density at radius 3 is 2.83 bits per heavy atom. The summed E-state index contributed by atoms with van der Waals surface area (Å²) < 4.78 is 13.4. The van der Waals surface area contributed by atoms with Crippen molar-refractivity contribution in [1.82, 2.24) is 4.90 Å². The molecule has 0 aromatic heterocycles. The van der Waals surface area contributed by atoms with Gasteiger partial charge in [-0.25, -0.2) is 4.39 Å². The molecule has 5 nitrogen and oxygen atoms in total. The summed E-state index contributed by atoms with van der Waals surface area (Å²) in [5.41, 5.74) is 1.10. The smallest absolute Gasteiger partial charge is 0.228 e. The molecule has 2 atom stereocenters. The van der Waals surface area contributed by atoms with Gasteiger partial charge in [0.2, 0.25) is 11.8 Å². The van der Waals surface area contributed by atoms with E-state index in [0.717, 1.165) is 6.42 Å². The number of aliphatic hydroxyl groups excluding tert-OH is 1. The van der Waals surface area contributed by atoms with Gasteiger partial charge in [0.05, 0.1) is 12.0 Å². The van der Waals surface area contributed by atoms with Crippen LogP contribution in [0.15, 0.2) is 18.2 Å². The average molecular weight is 320 g/mol. The van der Waals surface area contributed by atoms with Gasteiger partial charge in [-0.3, -0.25) is 9.59 Å². The van der Waals surface area contributed by atoms with Crippen molar-refractivity contribution < 1.29 is 19.1 Å². The molecule has 2 aliphatic heterocycles. The number of aliphatic hydroxyl groups is 1. The van der Waals surface area contributed by atoms with Crippen molar-refractivity contribution in [2.75, 3.05) is 24.5 Å². The lowest BCUT2D eigenvalue weighted by molar-refractivity contribution is -0.138. The molecule has 2 unspecified atom stereocenters. The molecule has 0 radical (unpaired) electrons. The minimum absolute atomic E-state index is 0.0709. The Hall–Kier alpha value is -1.95. The summed E-state index contributed by atoms with van der Waals surface area (Å²) in [6.45, 7) is 2.95. The summed E-state index contributed by atoms with van der Waals surface area (Å²) in [6.07, 6.45) is 1.20. The second-order valence-electron chi connectivity index (χ2n) is 6.42. The number of carbonyl (C=O) groups excluding carboxylic acids is 2. The van der Waals surface area contributed by atoms with Gasteiger partial charge in [-0.15, -0.1) is 0 Å². The molecule has 2 aliphatic rings. The zero-order valence-corrected chi connectivity index (χ0v) is 13.2. The van der Waals surface area contributed by atoms with Crippen LogP contribution in [0.3, 0.4) is 0 Å². The lowest BCUT2D eigenvalue weighted by Crippen LogP contribution is -2.45. The molecule has 2 saturated heterocycles. The molecule has 1 N–H and O–H groups in total. The van der Waals surface area contributed by atoms with Crippen molar-refractivity contribution >= 4 is 17.5 Å². The predicted molar refractivity (Wildman–Crippen MR) is 83.4 cm³/mol. The van der Waals surface area contributed by atoms with E-state index in [1.807, 2.05) is 0 Å². The third kappa shape index (κ3) is 3.22. The fourth-order valence-electron chi connectivity index (χ4n) is 3.33. The SMILES string of the molecule is Cc1cc(N2CC(C(=O)N3CCCC(O)C3)CC2=O)ccc1F. The van der Waals surface area contributed by atoms with Gasteiger partial charge in [-0.1, -0.05) is 0 Å². The number of hydrogen-bond acceptors (Lipinski definition) is 3. The van der Waals surface area contributed by atoms with Crippen LogP contribution in [0.1, 0.15) is 24.8 Å². The maximum atomic E-state index is 13.4. The quantitative estimate of drug-likeness (QED) is 0.898. The Morgan fingerprint density at radius 2 is 2.13 bits per heavy atom. The number of anilines is 1. The number of piperidine rings is 1. The second-order valence-corrected chi connectivity index (χ2v) is 6.42. The highest BCUT2D eigenvalue weighted by Gasteiger charge is 2.38. The molecule has 23 heavy (non-hydrogen) atoms. The molecule has 0 bridgehead atoms. The van der Waals surface area contributed by atoms with E-state index in [9.17, 15) is 19.1 Å². The standard InChI is InChI=1S/C17H21FN2O3/c1-11-7-13(4-5-15(11)18)20-9-12(8-16(20)22)17(23)19-6-2-3-14(21)10-19/h4-5,7,12,14,21H,2-3,6,8-10H2,1H3. The van der Waals surface area contributed by atoms with Crippen LogP contribution in [0, 0.1) is 18.7 Å². The first-order valence-electron chi connectivity index (χ1n) is 7.99. The van der Waals surface area contributed by atoms with E-state index in [0.29, 0.717) is 37.3 Å². The van der Waals surface area contributed by atoms with E-state index in [-0.39, 0.29) is 24.1 Å². The second kappa shape index (κ2) is 6.28. The monoisotopic (exact) mass is 320 g/mol. The lowest BCUT2D eigenvalue weighted by atomic mass is 10.0. The van der Waals surface area contributed by atoms with Gasteiger partial charge >= 0.3 is 0 Å². The molecule has 0 spiro atoms. The van der Waals surface area contributed by atoms with Crippen LogP contribution in [-0.2, 0) is 9.59 Å². The van der Waals surface area contributed by atoms with Crippen molar-refractivity contribution in [3.63, 3.8) is 0 Å². The maximum Gasteiger partial charge on any atom is 0.228 e. The average Bonchev–Trinajstić information content (AvgIpc) is 2.91. The zero-order valence-electron chi connectivity index (χ0n) is 13.2. The van der Waals surface area contributed by atoms with Crippen molar-refractivity contribution in [1.29, 1.82) is 0 Å². The fraction of sp³-hybridized carbons (Fsp3) is 0.529. The Morgan fingerprint density at radius 1 is 1.35 bits per heavy atom. The van der Waals surface area contributed by atoms with Gasteiger partial charge in [0.25, 0.3) is 0 Å². The molecule has 2 amide bonds. The van der Waals surface area contributed by atoms with E-state index in [4.69, 9.17) is 0 Å². The first-order valence-corrected chi connectivity index (χ1v) is 7.99. The molecule has 0 aliphatic carbocycles. The van der Waals surface area contributed by atoms with Crippen LogP contribution in [0.4, 0.5) is 10.1 Å². The molecule has 1 aromatic rings. The number of benzene rings is 1. The number of halogens is 1. The van der Waals surface area contributed by atoms with Crippen molar-refractivity contribution in [3.8, 4) is 0 Å². The van der Waals surface area contributed by atoms with Gasteiger partial charge in [-0.05, 0) is 43.5 Å². The Kier molecular flexibility index (Phi) is 4.35. The molecule has 3 rings (SSSR count). The fourth-order valence-corrected chi connectivity index (χ4v) is 3.33. The number of β-amino-alcohol motifs (C(OH)–C–C–N with tert-alkyl or cyclic N) is 1. The van der Waals surface area contributed by atoms with Gasteiger partial charge in [0.1, 0.15) is 5.82 Å². The molecule has 1 aromatic carbocycles. The minimum atomic E-state index is -0.472. The summed E-state index contributed by atoms with van der Waals surface area (Å²) in [7, 11) is 0. The third-order valence-corrected chi connectivity index (χ3v) is 4.64. The topological polar surface area (TPSA) is 60.9 Å². The predicted octanol–water partition coefficient (Wildman–Crippen LogP) is 1.47. The van der Waals surface area contributed by atoms with E-state index in [1.165, 1.54) is 6.07 Å². The molecule has 6 heteroatoms. The number of nitrogens with zero attached hydrogens (tertiary/aromatic N) is 2. The van der Waals surface area contributed by atoms with Crippen LogP contribution >= 0.6 is 0 Å². The van der Waals surface area contributed by atoms with E-state index >= 15 is 0 Å². The molecule has 2 fully saturated rings. The number of aryl methyl sites for hydroxylation is 1. The van der Waals surface area contributed by atoms with E-state index < -0.39 is 12.0 Å². The van der Waals surface area contributed by atoms with Crippen LogP contribution in [0.5, 0.6) is 0 Å². The molecule has 124 valence electrons. The van der Waals surface area contributed by atoms with Gasteiger partial charge < -0.3 is 14.9 Å². The van der Waals surface area contributed by atoms with Crippen LogP contribution in [0.2, 0.25) is 0 Å². The minimum Gasteiger partial charge on any atom is -0.391 e. The van der Waals surface area contributed by atoms with Gasteiger partial charge in [0.15, 0.2) is 0 Å². The number of rotatable bonds is 2. The Bertz CT molecular complexity index is 634. The maximum absolute atomic E-state index is 13.4. The number of hydrogen-bond donors (Lipinski definition) is 1. The number of carbonyl (C=O) groups is 2. The highest BCUT2D eigenvalue weighted by Crippen LogP contribution is 2.28. The van der Waals surface area contributed by atoms with Crippen LogP contribution < -0.4 is 4.90 Å². The summed E-state index contributed by atoms with van der Waals surface area (Å²) in [5, 5.41) is 9.70. The Labute approximate surface area is 134 Å². The first-order chi connectivity index (χ1) is 11.0. The molecular weight excluding hydrogens is 299 g/mol. The van der Waals surface area contributed by atoms with E-state index in [2.05, 4.69) is 0 Å². The summed E-state index contributed by atoms with van der Waals surface area (Å²) in [5.74, 6) is -0.890. The highest BCUT2D eigenvalue weighted by molar-refractivity contribution is 6.00. The largest absolute Gasteiger partial charge is 0.391 e. The number of likely N-dealkylation sites (tertiary alicyclic amines) is 1.